The summed E-state index contributed by atoms with van der Waals surface area (Å²) in [6, 6.07) is 7.76. The Labute approximate surface area is 143 Å². The molecule has 128 valence electrons. The van der Waals surface area contributed by atoms with E-state index in [0.29, 0.717) is 13.0 Å². The summed E-state index contributed by atoms with van der Waals surface area (Å²) in [4.78, 5) is 24.4. The van der Waals surface area contributed by atoms with Gasteiger partial charge in [0.15, 0.2) is 0 Å². The van der Waals surface area contributed by atoms with Crippen molar-refractivity contribution in [1.82, 2.24) is 0 Å². The van der Waals surface area contributed by atoms with E-state index in [-0.39, 0.29) is 17.8 Å². The third kappa shape index (κ3) is 2.97. The van der Waals surface area contributed by atoms with Crippen molar-refractivity contribution in [3.8, 4) is 0 Å². The van der Waals surface area contributed by atoms with Gasteiger partial charge in [-0.3, -0.25) is 9.59 Å². The average molecular weight is 327 g/mol. The SMILES string of the molecule is C=C1CC2COC(=O)C2(Cc2ccc(NC(=O)C(C)(C)C)cc2)C1. The van der Waals surface area contributed by atoms with Crippen LogP contribution in [0.5, 0.6) is 0 Å². The standard InChI is InChI=1S/C20H25NO3/c1-13-9-15-12-24-18(23)20(15,10-13)11-14-5-7-16(8-6-14)21-17(22)19(2,3)4/h5-8,15H,1,9-12H2,2-4H3,(H,21,22). The molecule has 4 nitrogen and oxygen atoms in total. The van der Waals surface area contributed by atoms with E-state index in [1.54, 1.807) is 0 Å². The molecule has 0 bridgehead atoms. The number of allylic oxidation sites excluding steroid dienone is 1. The van der Waals surface area contributed by atoms with Gasteiger partial charge in [-0.15, -0.1) is 0 Å². The van der Waals surface area contributed by atoms with Crippen LogP contribution in [0.25, 0.3) is 0 Å². The van der Waals surface area contributed by atoms with Crippen LogP contribution in [-0.4, -0.2) is 18.5 Å². The molecule has 24 heavy (non-hydrogen) atoms. The number of nitrogens with one attached hydrogen (secondary N) is 1. The number of esters is 1. The van der Waals surface area contributed by atoms with Gasteiger partial charge in [-0.1, -0.05) is 45.1 Å². The lowest BCUT2D eigenvalue weighted by Gasteiger charge is -2.24. The van der Waals surface area contributed by atoms with Crippen LogP contribution in [-0.2, 0) is 20.7 Å². The first-order chi connectivity index (χ1) is 11.2. The second-order valence-electron chi connectivity index (χ2n) is 8.16. The number of benzene rings is 1. The lowest BCUT2D eigenvalue weighted by atomic mass is 9.75. The lowest BCUT2D eigenvalue weighted by Crippen LogP contribution is -2.31. The Bertz CT molecular complexity index is 684. The van der Waals surface area contributed by atoms with E-state index >= 15 is 0 Å². The minimum Gasteiger partial charge on any atom is -0.465 e. The zero-order valence-electron chi connectivity index (χ0n) is 14.6. The maximum Gasteiger partial charge on any atom is 0.313 e. The maximum absolute atomic E-state index is 12.3. The van der Waals surface area contributed by atoms with Crippen molar-refractivity contribution in [2.75, 3.05) is 11.9 Å². The number of anilines is 1. The van der Waals surface area contributed by atoms with Gasteiger partial charge in [-0.2, -0.15) is 0 Å². The monoisotopic (exact) mass is 327 g/mol. The van der Waals surface area contributed by atoms with Gasteiger partial charge in [0, 0.05) is 17.0 Å². The van der Waals surface area contributed by atoms with Crippen LogP contribution < -0.4 is 5.32 Å². The summed E-state index contributed by atoms with van der Waals surface area (Å²) in [6.45, 7) is 10.2. The van der Waals surface area contributed by atoms with E-state index in [4.69, 9.17) is 4.74 Å². The molecule has 4 heteroatoms. The highest BCUT2D eigenvalue weighted by molar-refractivity contribution is 5.94. The van der Waals surface area contributed by atoms with Crippen LogP contribution >= 0.6 is 0 Å². The molecule has 1 saturated heterocycles. The number of fused-ring (bicyclic) bond motifs is 1. The van der Waals surface area contributed by atoms with Crippen LogP contribution in [0.4, 0.5) is 5.69 Å². The molecule has 0 spiro atoms. The van der Waals surface area contributed by atoms with Crippen molar-refractivity contribution in [3.05, 3.63) is 42.0 Å². The van der Waals surface area contributed by atoms with E-state index in [9.17, 15) is 9.59 Å². The number of carbonyl (C=O) groups is 2. The van der Waals surface area contributed by atoms with Crippen molar-refractivity contribution < 1.29 is 14.3 Å². The zero-order valence-corrected chi connectivity index (χ0v) is 14.6. The molecule has 2 fully saturated rings. The molecular formula is C20H25NO3. The van der Waals surface area contributed by atoms with Crippen LogP contribution in [0.2, 0.25) is 0 Å². The number of rotatable bonds is 3. The molecule has 1 aliphatic carbocycles. The predicted molar refractivity (Wildman–Crippen MR) is 93.5 cm³/mol. The van der Waals surface area contributed by atoms with Crippen LogP contribution in [0.3, 0.4) is 0 Å². The molecule has 1 N–H and O–H groups in total. The predicted octanol–water partition coefficient (Wildman–Crippen LogP) is 3.72. The molecule has 0 radical (unpaired) electrons. The van der Waals surface area contributed by atoms with Gasteiger partial charge in [-0.05, 0) is 37.0 Å². The fraction of sp³-hybridized carbons (Fsp3) is 0.500. The van der Waals surface area contributed by atoms with Gasteiger partial charge in [0.25, 0.3) is 0 Å². The highest BCUT2D eigenvalue weighted by atomic mass is 16.5. The molecule has 2 aliphatic rings. The van der Waals surface area contributed by atoms with Crippen molar-refractivity contribution in [2.45, 2.75) is 40.0 Å². The smallest absolute Gasteiger partial charge is 0.313 e. The Kier molecular flexibility index (Phi) is 4.02. The Morgan fingerprint density at radius 3 is 2.62 bits per heavy atom. The largest absolute Gasteiger partial charge is 0.465 e. The molecule has 2 atom stereocenters. The highest BCUT2D eigenvalue weighted by Gasteiger charge is 2.55. The van der Waals surface area contributed by atoms with Gasteiger partial charge in [0.05, 0.1) is 12.0 Å². The quantitative estimate of drug-likeness (QED) is 0.680. The molecule has 1 aromatic rings. The molecule has 1 aromatic carbocycles. The summed E-state index contributed by atoms with van der Waals surface area (Å²) < 4.78 is 5.32. The first-order valence-corrected chi connectivity index (χ1v) is 8.45. The third-order valence-corrected chi connectivity index (χ3v) is 5.12. The van der Waals surface area contributed by atoms with Crippen molar-refractivity contribution in [1.29, 1.82) is 0 Å². The lowest BCUT2D eigenvalue weighted by molar-refractivity contribution is -0.146. The second-order valence-corrected chi connectivity index (χ2v) is 8.16. The summed E-state index contributed by atoms with van der Waals surface area (Å²) in [5.41, 5.74) is 2.14. The van der Waals surface area contributed by atoms with Crippen molar-refractivity contribution in [3.63, 3.8) is 0 Å². The Morgan fingerprint density at radius 1 is 1.33 bits per heavy atom. The normalized spacial score (nSPS) is 26.2. The minimum absolute atomic E-state index is 0.0135. The molecule has 0 aromatic heterocycles. The number of hydrogen-bond acceptors (Lipinski definition) is 3. The molecule has 1 heterocycles. The van der Waals surface area contributed by atoms with Gasteiger partial charge in [-0.25, -0.2) is 0 Å². The number of ether oxygens (including phenoxy) is 1. The molecule has 1 saturated carbocycles. The van der Waals surface area contributed by atoms with E-state index in [0.717, 1.165) is 29.7 Å². The fourth-order valence-corrected chi connectivity index (χ4v) is 3.65. The van der Waals surface area contributed by atoms with E-state index in [1.165, 1.54) is 0 Å². The Hall–Kier alpha value is -2.10. The summed E-state index contributed by atoms with van der Waals surface area (Å²) in [5, 5.41) is 2.92. The van der Waals surface area contributed by atoms with Crippen LogP contribution in [0.15, 0.2) is 36.4 Å². The maximum atomic E-state index is 12.3. The topological polar surface area (TPSA) is 55.4 Å². The summed E-state index contributed by atoms with van der Waals surface area (Å²) in [7, 11) is 0. The number of cyclic esters (lactones) is 1. The first-order valence-electron chi connectivity index (χ1n) is 8.45. The molecule has 2 unspecified atom stereocenters. The Balaban J connectivity index is 1.74. The van der Waals surface area contributed by atoms with Gasteiger partial charge < -0.3 is 10.1 Å². The van der Waals surface area contributed by atoms with Gasteiger partial charge in [0.2, 0.25) is 5.91 Å². The molecule has 1 amide bonds. The van der Waals surface area contributed by atoms with Crippen LogP contribution in [0, 0.1) is 16.7 Å². The zero-order chi connectivity index (χ0) is 17.5. The fourth-order valence-electron chi connectivity index (χ4n) is 3.65. The molecule has 3 rings (SSSR count). The summed E-state index contributed by atoms with van der Waals surface area (Å²) >= 11 is 0. The highest BCUT2D eigenvalue weighted by Crippen LogP contribution is 2.52. The van der Waals surface area contributed by atoms with E-state index < -0.39 is 10.8 Å². The number of hydrogen-bond donors (Lipinski definition) is 1. The van der Waals surface area contributed by atoms with E-state index in [2.05, 4.69) is 11.9 Å². The summed E-state index contributed by atoms with van der Waals surface area (Å²) in [5.74, 6) is 0.148. The number of amides is 1. The summed E-state index contributed by atoms with van der Waals surface area (Å²) in [6.07, 6.45) is 2.27. The van der Waals surface area contributed by atoms with Crippen molar-refractivity contribution >= 4 is 17.6 Å². The minimum atomic E-state index is -0.437. The van der Waals surface area contributed by atoms with Crippen molar-refractivity contribution in [2.24, 2.45) is 16.7 Å². The van der Waals surface area contributed by atoms with E-state index in [1.807, 2.05) is 45.0 Å². The molecule has 1 aliphatic heterocycles. The second kappa shape index (κ2) is 5.76. The number of carbonyl (C=O) groups excluding carboxylic acids is 2. The van der Waals surface area contributed by atoms with Gasteiger partial charge >= 0.3 is 5.97 Å². The Morgan fingerprint density at radius 2 is 2.00 bits per heavy atom. The van der Waals surface area contributed by atoms with Gasteiger partial charge in [0.1, 0.15) is 0 Å². The first kappa shape index (κ1) is 16.7. The third-order valence-electron chi connectivity index (χ3n) is 5.12. The molecular weight excluding hydrogens is 302 g/mol. The average Bonchev–Trinajstić information content (AvgIpc) is 2.95. The van der Waals surface area contributed by atoms with Crippen LogP contribution in [0.1, 0.15) is 39.2 Å².